The van der Waals surface area contributed by atoms with Crippen LogP contribution in [0.2, 0.25) is 0 Å². The summed E-state index contributed by atoms with van der Waals surface area (Å²) in [5, 5.41) is 0.0846. The lowest BCUT2D eigenvalue weighted by Crippen LogP contribution is -2.25. The molecule has 1 aliphatic heterocycles. The molecule has 1 aromatic rings. The molecule has 0 N–H and O–H groups in total. The lowest BCUT2D eigenvalue weighted by atomic mass is 10.2. The van der Waals surface area contributed by atoms with Gasteiger partial charge < -0.3 is 4.90 Å². The van der Waals surface area contributed by atoms with Gasteiger partial charge in [0.05, 0.1) is 0 Å². The molecule has 0 fully saturated rings. The summed E-state index contributed by atoms with van der Waals surface area (Å²) < 4.78 is 0. The Kier molecular flexibility index (Phi) is 3.01. The van der Waals surface area contributed by atoms with Crippen molar-refractivity contribution in [2.75, 3.05) is 11.4 Å². The van der Waals surface area contributed by atoms with Crippen LogP contribution in [0.3, 0.4) is 0 Å². The molecule has 16 heavy (non-hydrogen) atoms. The van der Waals surface area contributed by atoms with Crippen LogP contribution in [0.1, 0.15) is 19.4 Å². The van der Waals surface area contributed by atoms with Crippen molar-refractivity contribution in [3.8, 4) is 0 Å². The number of amides is 1. The first-order valence-electron chi connectivity index (χ1n) is 5.17. The Bertz CT molecular complexity index is 456. The van der Waals surface area contributed by atoms with E-state index in [4.69, 9.17) is 0 Å². The third kappa shape index (κ3) is 2.11. The van der Waals surface area contributed by atoms with Gasteiger partial charge in [0, 0.05) is 31.0 Å². The van der Waals surface area contributed by atoms with Crippen molar-refractivity contribution in [3.63, 3.8) is 0 Å². The number of nitrogens with zero attached hydrogens (tertiary/aromatic N) is 1. The molecule has 1 heterocycles. The highest BCUT2D eigenvalue weighted by atomic mass is 32.2. The van der Waals surface area contributed by atoms with E-state index in [0.29, 0.717) is 0 Å². The molecular weight excluding hydrogens is 222 g/mol. The van der Waals surface area contributed by atoms with Crippen LogP contribution in [0, 0.1) is 0 Å². The van der Waals surface area contributed by atoms with Crippen LogP contribution >= 0.6 is 11.8 Å². The van der Waals surface area contributed by atoms with Crippen molar-refractivity contribution in [2.45, 2.75) is 25.2 Å². The number of hydrogen-bond donors (Lipinski definition) is 0. The zero-order valence-corrected chi connectivity index (χ0v) is 10.1. The van der Waals surface area contributed by atoms with E-state index >= 15 is 0 Å². The highest BCUT2D eigenvalue weighted by Crippen LogP contribution is 2.32. The van der Waals surface area contributed by atoms with Crippen molar-refractivity contribution >= 4 is 28.5 Å². The molecule has 0 saturated carbocycles. The summed E-state index contributed by atoms with van der Waals surface area (Å²) in [6.45, 7) is 3.88. The predicted octanol–water partition coefficient (Wildman–Crippen LogP) is 2.23. The third-order valence-electron chi connectivity index (χ3n) is 2.59. The Labute approximate surface area is 98.8 Å². The van der Waals surface area contributed by atoms with Crippen LogP contribution in [-0.4, -0.2) is 17.6 Å². The van der Waals surface area contributed by atoms with E-state index < -0.39 is 0 Å². The Morgan fingerprint density at radius 2 is 2.06 bits per heavy atom. The first-order chi connectivity index (χ1) is 7.58. The van der Waals surface area contributed by atoms with Gasteiger partial charge in [-0.1, -0.05) is 11.8 Å². The van der Waals surface area contributed by atoms with Crippen molar-refractivity contribution in [1.29, 1.82) is 0 Å². The van der Waals surface area contributed by atoms with E-state index in [1.807, 2.05) is 18.2 Å². The number of hydrogen-bond acceptors (Lipinski definition) is 3. The van der Waals surface area contributed by atoms with Crippen molar-refractivity contribution < 1.29 is 9.59 Å². The highest BCUT2D eigenvalue weighted by molar-refractivity contribution is 8.13. The van der Waals surface area contributed by atoms with Crippen LogP contribution in [0.5, 0.6) is 0 Å². The Balaban J connectivity index is 2.29. The van der Waals surface area contributed by atoms with Crippen LogP contribution in [-0.2, 0) is 16.0 Å². The van der Waals surface area contributed by atoms with Gasteiger partial charge in [-0.2, -0.15) is 0 Å². The van der Waals surface area contributed by atoms with Crippen molar-refractivity contribution in [1.82, 2.24) is 0 Å². The van der Waals surface area contributed by atoms with Crippen molar-refractivity contribution in [2.24, 2.45) is 0 Å². The van der Waals surface area contributed by atoms with E-state index in [0.717, 1.165) is 29.1 Å². The first kappa shape index (κ1) is 11.2. The zero-order chi connectivity index (χ0) is 11.7. The lowest BCUT2D eigenvalue weighted by molar-refractivity contribution is -0.116. The second kappa shape index (κ2) is 4.29. The van der Waals surface area contributed by atoms with Crippen LogP contribution in [0.15, 0.2) is 23.1 Å². The summed E-state index contributed by atoms with van der Waals surface area (Å²) in [7, 11) is 0. The molecule has 0 aliphatic carbocycles. The summed E-state index contributed by atoms with van der Waals surface area (Å²) in [5.74, 6) is 0.0747. The molecule has 2 rings (SSSR count). The normalized spacial score (nSPS) is 13.8. The van der Waals surface area contributed by atoms with E-state index in [-0.39, 0.29) is 11.0 Å². The number of thioether (sulfide) groups is 1. The largest absolute Gasteiger partial charge is 0.312 e. The van der Waals surface area contributed by atoms with Gasteiger partial charge in [0.2, 0.25) is 5.91 Å². The number of anilines is 1. The quantitative estimate of drug-likeness (QED) is 0.700. The van der Waals surface area contributed by atoms with Gasteiger partial charge >= 0.3 is 0 Å². The van der Waals surface area contributed by atoms with Crippen LogP contribution < -0.4 is 4.90 Å². The third-order valence-corrected chi connectivity index (χ3v) is 3.37. The Morgan fingerprint density at radius 1 is 1.31 bits per heavy atom. The fourth-order valence-electron chi connectivity index (χ4n) is 1.93. The number of carbonyl (C=O) groups excluding carboxylic acids is 2. The van der Waals surface area contributed by atoms with E-state index in [2.05, 4.69) is 0 Å². The fourth-order valence-corrected chi connectivity index (χ4v) is 2.60. The average Bonchev–Trinajstić information content (AvgIpc) is 2.59. The van der Waals surface area contributed by atoms with Crippen LogP contribution in [0.25, 0.3) is 0 Å². The first-order valence-corrected chi connectivity index (χ1v) is 5.99. The molecule has 84 valence electrons. The average molecular weight is 235 g/mol. The fraction of sp³-hybridized carbons (Fsp3) is 0.333. The summed E-state index contributed by atoms with van der Waals surface area (Å²) in [4.78, 5) is 25.1. The molecule has 0 bridgehead atoms. The van der Waals surface area contributed by atoms with Crippen LogP contribution in [0.4, 0.5) is 5.69 Å². The molecule has 0 spiro atoms. The molecule has 1 aromatic carbocycles. The highest BCUT2D eigenvalue weighted by Gasteiger charge is 2.22. The molecule has 0 aromatic heterocycles. The maximum Gasteiger partial charge on any atom is 0.223 e. The van der Waals surface area contributed by atoms with Crippen molar-refractivity contribution in [3.05, 3.63) is 23.8 Å². The monoisotopic (exact) mass is 235 g/mol. The van der Waals surface area contributed by atoms with Gasteiger partial charge in [-0.25, -0.2) is 0 Å². The minimum atomic E-state index is 0.0747. The topological polar surface area (TPSA) is 37.4 Å². The molecule has 0 atom stereocenters. The Morgan fingerprint density at radius 3 is 2.69 bits per heavy atom. The SMILES string of the molecule is CC(=O)Sc1ccc2c(c1)CCN2C(C)=O. The minimum Gasteiger partial charge on any atom is -0.312 e. The Hall–Kier alpha value is -1.29. The van der Waals surface area contributed by atoms with E-state index in [1.54, 1.807) is 18.7 Å². The zero-order valence-electron chi connectivity index (χ0n) is 9.32. The summed E-state index contributed by atoms with van der Waals surface area (Å²) in [6, 6.07) is 5.82. The molecule has 0 radical (unpaired) electrons. The summed E-state index contributed by atoms with van der Waals surface area (Å²) in [5.41, 5.74) is 2.14. The predicted molar refractivity (Wildman–Crippen MR) is 64.7 cm³/mol. The van der Waals surface area contributed by atoms with Gasteiger partial charge in [0.15, 0.2) is 5.12 Å². The molecule has 0 unspecified atom stereocenters. The minimum absolute atomic E-state index is 0.0747. The number of benzene rings is 1. The summed E-state index contributed by atoms with van der Waals surface area (Å²) >= 11 is 1.23. The molecule has 3 nitrogen and oxygen atoms in total. The maximum atomic E-state index is 11.3. The molecule has 1 aliphatic rings. The van der Waals surface area contributed by atoms with Gasteiger partial charge in [-0.05, 0) is 30.2 Å². The second-order valence-corrected chi connectivity index (χ2v) is 5.06. The number of carbonyl (C=O) groups is 2. The molecule has 1 amide bonds. The number of fused-ring (bicyclic) bond motifs is 1. The molecular formula is C12H13NO2S. The maximum absolute atomic E-state index is 11.3. The van der Waals surface area contributed by atoms with Gasteiger partial charge in [-0.15, -0.1) is 0 Å². The molecule has 0 saturated heterocycles. The van der Waals surface area contributed by atoms with E-state index in [1.165, 1.54) is 11.8 Å². The smallest absolute Gasteiger partial charge is 0.223 e. The van der Waals surface area contributed by atoms with Gasteiger partial charge in [0.1, 0.15) is 0 Å². The molecule has 4 heteroatoms. The summed E-state index contributed by atoms with van der Waals surface area (Å²) in [6.07, 6.45) is 0.876. The standard InChI is InChI=1S/C12H13NO2S/c1-8(14)13-6-5-10-7-11(16-9(2)15)3-4-12(10)13/h3-4,7H,5-6H2,1-2H3. The van der Waals surface area contributed by atoms with Gasteiger partial charge in [-0.3, -0.25) is 9.59 Å². The number of rotatable bonds is 1. The van der Waals surface area contributed by atoms with E-state index in [9.17, 15) is 9.59 Å². The van der Waals surface area contributed by atoms with Gasteiger partial charge in [0.25, 0.3) is 0 Å². The second-order valence-electron chi connectivity index (χ2n) is 3.80. The lowest BCUT2D eigenvalue weighted by Gasteiger charge is -2.14.